The lowest BCUT2D eigenvalue weighted by molar-refractivity contribution is 0.210. The van der Waals surface area contributed by atoms with Crippen LogP contribution in [-0.4, -0.2) is 23.6 Å². The van der Waals surface area contributed by atoms with Gasteiger partial charge < -0.3 is 16.8 Å². The third-order valence-electron chi connectivity index (χ3n) is 6.71. The summed E-state index contributed by atoms with van der Waals surface area (Å²) in [4.78, 5) is 4.73. The van der Waals surface area contributed by atoms with Crippen molar-refractivity contribution in [3.8, 4) is 0 Å². The fourth-order valence-corrected chi connectivity index (χ4v) is 4.32. The van der Waals surface area contributed by atoms with Gasteiger partial charge in [0.2, 0.25) is 0 Å². The summed E-state index contributed by atoms with van der Waals surface area (Å²) in [6.07, 6.45) is 4.42. The van der Waals surface area contributed by atoms with Crippen LogP contribution in [-0.2, 0) is 0 Å². The largest absolute Gasteiger partial charge is 0.344 e. The van der Waals surface area contributed by atoms with Crippen molar-refractivity contribution >= 4 is 10.9 Å². The van der Waals surface area contributed by atoms with E-state index in [2.05, 4.69) is 45.3 Å². The summed E-state index contributed by atoms with van der Waals surface area (Å²) < 4.78 is 14.2. The van der Waals surface area contributed by atoms with Crippen molar-refractivity contribution in [2.45, 2.75) is 71.9 Å². The second-order valence-electron chi connectivity index (χ2n) is 8.37. The number of aryl methyl sites for hydroxylation is 1. The lowest BCUT2D eigenvalue weighted by Gasteiger charge is -2.40. The Bertz CT molecular complexity index is 795. The lowest BCUT2D eigenvalue weighted by atomic mass is 9.80. The van der Waals surface area contributed by atoms with Gasteiger partial charge in [-0.3, -0.25) is 4.98 Å². The third kappa shape index (κ3) is 4.53. The molecule has 1 fully saturated rings. The van der Waals surface area contributed by atoms with Crippen LogP contribution < -0.4 is 16.8 Å². The Morgan fingerprint density at radius 1 is 1.21 bits per heavy atom. The standard InChI is InChI=1S/C23H34FN3.H3N/c1-6-23(5,7-2)27-22(17-10-12-25-13-11-17)21-15(3)16(4)26-20-9-8-18(24)14-19(20)21;/h8-9,14,17,22,25,27H,6-7,10-13H2,1-5H3;1H3. The van der Waals surface area contributed by atoms with E-state index in [0.717, 1.165) is 55.4 Å². The number of piperidine rings is 1. The van der Waals surface area contributed by atoms with Gasteiger partial charge in [-0.2, -0.15) is 0 Å². The van der Waals surface area contributed by atoms with Gasteiger partial charge in [-0.05, 0) is 94.8 Å². The highest BCUT2D eigenvalue weighted by molar-refractivity contribution is 5.84. The quantitative estimate of drug-likeness (QED) is 0.623. The Morgan fingerprint density at radius 2 is 1.86 bits per heavy atom. The van der Waals surface area contributed by atoms with Crippen LogP contribution in [0.3, 0.4) is 0 Å². The molecule has 1 aromatic heterocycles. The maximum atomic E-state index is 14.2. The molecule has 28 heavy (non-hydrogen) atoms. The zero-order valence-electron chi connectivity index (χ0n) is 18.2. The average molecular weight is 389 g/mol. The molecule has 0 bridgehead atoms. The maximum absolute atomic E-state index is 14.2. The first-order valence-electron chi connectivity index (χ1n) is 10.4. The van der Waals surface area contributed by atoms with Crippen molar-refractivity contribution in [2.24, 2.45) is 5.92 Å². The molecular formula is C23H37FN4. The average Bonchev–Trinajstić information content (AvgIpc) is 2.69. The summed E-state index contributed by atoms with van der Waals surface area (Å²) in [5.74, 6) is 0.349. The molecule has 1 unspecified atom stereocenters. The van der Waals surface area contributed by atoms with E-state index < -0.39 is 0 Å². The van der Waals surface area contributed by atoms with Crippen LogP contribution in [0.5, 0.6) is 0 Å². The van der Waals surface area contributed by atoms with Crippen molar-refractivity contribution in [1.82, 2.24) is 21.8 Å². The highest BCUT2D eigenvalue weighted by Gasteiger charge is 2.33. The molecule has 0 amide bonds. The number of hydrogen-bond donors (Lipinski definition) is 3. The number of benzene rings is 1. The fourth-order valence-electron chi connectivity index (χ4n) is 4.32. The first-order valence-corrected chi connectivity index (χ1v) is 10.4. The minimum atomic E-state index is -0.188. The molecule has 1 aliphatic heterocycles. The van der Waals surface area contributed by atoms with Crippen molar-refractivity contribution in [3.63, 3.8) is 0 Å². The van der Waals surface area contributed by atoms with E-state index in [9.17, 15) is 4.39 Å². The van der Waals surface area contributed by atoms with E-state index >= 15 is 0 Å². The number of pyridine rings is 1. The molecule has 1 aliphatic rings. The minimum absolute atomic E-state index is 0. The maximum Gasteiger partial charge on any atom is 0.123 e. The van der Waals surface area contributed by atoms with Crippen molar-refractivity contribution < 1.29 is 4.39 Å². The summed E-state index contributed by atoms with van der Waals surface area (Å²) in [7, 11) is 0. The van der Waals surface area contributed by atoms with Gasteiger partial charge in [0.25, 0.3) is 0 Å². The van der Waals surface area contributed by atoms with E-state index in [4.69, 9.17) is 4.98 Å². The first kappa shape index (κ1) is 22.7. The van der Waals surface area contributed by atoms with E-state index in [1.165, 1.54) is 17.2 Å². The zero-order valence-corrected chi connectivity index (χ0v) is 18.2. The molecule has 4 nitrogen and oxygen atoms in total. The number of nitrogens with zero attached hydrogens (tertiary/aromatic N) is 1. The molecule has 0 saturated carbocycles. The minimum Gasteiger partial charge on any atom is -0.344 e. The molecule has 1 saturated heterocycles. The van der Waals surface area contributed by atoms with E-state index in [-0.39, 0.29) is 23.5 Å². The number of halogens is 1. The molecular weight excluding hydrogens is 351 g/mol. The zero-order chi connectivity index (χ0) is 19.6. The van der Waals surface area contributed by atoms with Crippen LogP contribution >= 0.6 is 0 Å². The molecule has 0 radical (unpaired) electrons. The second-order valence-corrected chi connectivity index (χ2v) is 8.37. The van der Waals surface area contributed by atoms with E-state index in [1.54, 1.807) is 6.07 Å². The SMILES string of the molecule is CCC(C)(CC)NC(c1c(C)c(C)nc2ccc(F)cc12)C1CCNCC1.N. The highest BCUT2D eigenvalue weighted by atomic mass is 19.1. The Hall–Kier alpha value is -1.56. The van der Waals surface area contributed by atoms with Crippen LogP contribution in [0.4, 0.5) is 4.39 Å². The van der Waals surface area contributed by atoms with Gasteiger partial charge in [-0.25, -0.2) is 4.39 Å². The topological polar surface area (TPSA) is 72.0 Å². The second kappa shape index (κ2) is 9.29. The number of nitrogens with one attached hydrogen (secondary N) is 2. The van der Waals surface area contributed by atoms with Crippen molar-refractivity contribution in [3.05, 3.63) is 40.8 Å². The summed E-state index contributed by atoms with van der Waals surface area (Å²) >= 11 is 0. The van der Waals surface area contributed by atoms with Gasteiger partial charge in [0.1, 0.15) is 5.82 Å². The monoisotopic (exact) mass is 388 g/mol. The molecule has 156 valence electrons. The molecule has 0 spiro atoms. The van der Waals surface area contributed by atoms with Crippen LogP contribution in [0.25, 0.3) is 10.9 Å². The third-order valence-corrected chi connectivity index (χ3v) is 6.71. The fraction of sp³-hybridized carbons (Fsp3) is 0.609. The number of aromatic nitrogens is 1. The summed E-state index contributed by atoms with van der Waals surface area (Å²) in [5, 5.41) is 8.46. The van der Waals surface area contributed by atoms with Crippen LogP contribution in [0.15, 0.2) is 18.2 Å². The molecule has 2 heterocycles. The van der Waals surface area contributed by atoms with Crippen molar-refractivity contribution in [1.29, 1.82) is 0 Å². The Kier molecular flexibility index (Phi) is 7.54. The van der Waals surface area contributed by atoms with E-state index in [1.807, 2.05) is 6.07 Å². The normalized spacial score (nSPS) is 16.8. The first-order chi connectivity index (χ1) is 12.9. The van der Waals surface area contributed by atoms with Crippen LogP contribution in [0, 0.1) is 25.6 Å². The van der Waals surface area contributed by atoms with Crippen LogP contribution in [0.2, 0.25) is 0 Å². The van der Waals surface area contributed by atoms with Gasteiger partial charge in [-0.15, -0.1) is 0 Å². The molecule has 5 N–H and O–H groups in total. The molecule has 1 atom stereocenters. The Labute approximate surface area is 169 Å². The van der Waals surface area contributed by atoms with Gasteiger partial charge >= 0.3 is 0 Å². The lowest BCUT2D eigenvalue weighted by Crippen LogP contribution is -2.47. The Morgan fingerprint density at radius 3 is 2.46 bits per heavy atom. The molecule has 2 aromatic rings. The predicted molar refractivity (Wildman–Crippen MR) is 117 cm³/mol. The predicted octanol–water partition coefficient (Wildman–Crippen LogP) is 5.36. The highest BCUT2D eigenvalue weighted by Crippen LogP contribution is 2.38. The van der Waals surface area contributed by atoms with Gasteiger partial charge in [0, 0.05) is 22.7 Å². The smallest absolute Gasteiger partial charge is 0.123 e. The number of rotatable bonds is 6. The van der Waals surface area contributed by atoms with Gasteiger partial charge in [0.15, 0.2) is 0 Å². The number of fused-ring (bicyclic) bond motifs is 1. The summed E-state index contributed by atoms with van der Waals surface area (Å²) in [6, 6.07) is 5.22. The number of hydrogen-bond acceptors (Lipinski definition) is 4. The summed E-state index contributed by atoms with van der Waals surface area (Å²) in [6.45, 7) is 13.1. The van der Waals surface area contributed by atoms with Gasteiger partial charge in [0.05, 0.1) is 5.52 Å². The van der Waals surface area contributed by atoms with Gasteiger partial charge in [-0.1, -0.05) is 13.8 Å². The molecule has 5 heteroatoms. The molecule has 3 rings (SSSR count). The molecule has 0 aliphatic carbocycles. The van der Waals surface area contributed by atoms with Crippen molar-refractivity contribution in [2.75, 3.05) is 13.1 Å². The van der Waals surface area contributed by atoms with E-state index in [0.29, 0.717) is 5.92 Å². The molecule has 1 aromatic carbocycles. The van der Waals surface area contributed by atoms with Crippen LogP contribution in [0.1, 0.15) is 69.3 Å². The Balaban J connectivity index is 0.00000280. The summed E-state index contributed by atoms with van der Waals surface area (Å²) in [5.41, 5.74) is 4.44.